The maximum atomic E-state index is 11.1. The monoisotopic (exact) mass is 294 g/mol. The van der Waals surface area contributed by atoms with Gasteiger partial charge in [0.1, 0.15) is 22.9 Å². The Kier molecular flexibility index (Phi) is 8.51. The van der Waals surface area contributed by atoms with E-state index in [2.05, 4.69) is 9.47 Å². The molecular weight excluding hydrogens is 280 g/mol. The average molecular weight is 294 g/mol. The molecule has 4 N–H and O–H groups in total. The molecule has 0 bridgehead atoms. The number of hydrogen-bond acceptors (Lipinski definition) is 9. The van der Waals surface area contributed by atoms with Gasteiger partial charge in [0.15, 0.2) is 0 Å². The number of ether oxygens (including phenoxy) is 2. The maximum absolute atomic E-state index is 11.1. The highest BCUT2D eigenvalue weighted by atomic mass is 33.1. The molecule has 2 atom stereocenters. The van der Waals surface area contributed by atoms with Gasteiger partial charge in [-0.3, -0.25) is 4.79 Å². The Morgan fingerprint density at radius 2 is 1.78 bits per heavy atom. The van der Waals surface area contributed by atoms with Gasteiger partial charge in [0.2, 0.25) is 0 Å². The number of methoxy groups -OCH3 is 2. The predicted octanol–water partition coefficient (Wildman–Crippen LogP) is -0.916. The van der Waals surface area contributed by atoms with Gasteiger partial charge in [-0.2, -0.15) is 0 Å². The van der Waals surface area contributed by atoms with Crippen LogP contribution in [-0.4, -0.2) is 49.9 Å². The summed E-state index contributed by atoms with van der Waals surface area (Å²) in [7, 11) is 4.41. The van der Waals surface area contributed by atoms with Crippen LogP contribution in [0.1, 0.15) is 0 Å². The second kappa shape index (κ2) is 9.01. The minimum atomic E-state index is -1.18. The van der Waals surface area contributed by atoms with Crippen molar-refractivity contribution < 1.29 is 23.9 Å². The number of nitrogens with two attached hydrogens (primary N) is 2. The van der Waals surface area contributed by atoms with Crippen LogP contribution in [0.2, 0.25) is 0 Å². The van der Waals surface area contributed by atoms with Crippen LogP contribution in [0.3, 0.4) is 0 Å². The molecule has 0 aliphatic carbocycles. The van der Waals surface area contributed by atoms with Gasteiger partial charge in [-0.25, -0.2) is 9.59 Å². The summed E-state index contributed by atoms with van der Waals surface area (Å²) < 4.78 is 8.82. The van der Waals surface area contributed by atoms with Crippen LogP contribution < -0.4 is 11.5 Å². The second-order valence-corrected chi connectivity index (χ2v) is 5.35. The van der Waals surface area contributed by atoms with Crippen molar-refractivity contribution in [3.63, 3.8) is 0 Å². The quantitative estimate of drug-likeness (QED) is 0.349. The third kappa shape index (κ3) is 5.56. The summed E-state index contributed by atoms with van der Waals surface area (Å²) in [4.78, 5) is 32.7. The Bertz CT molecular complexity index is 357. The zero-order valence-electron chi connectivity index (χ0n) is 9.87. The van der Waals surface area contributed by atoms with Crippen LogP contribution in [0.5, 0.6) is 0 Å². The minimum Gasteiger partial charge on any atom is -0.468 e. The molecule has 0 radical (unpaired) electrons. The van der Waals surface area contributed by atoms with E-state index in [4.69, 9.17) is 11.5 Å². The van der Waals surface area contributed by atoms with Gasteiger partial charge in [0.25, 0.3) is 0 Å². The van der Waals surface area contributed by atoms with Gasteiger partial charge in [0, 0.05) is 5.75 Å². The van der Waals surface area contributed by atoms with Crippen molar-refractivity contribution in [3.8, 4) is 0 Å². The van der Waals surface area contributed by atoms with Gasteiger partial charge in [0.05, 0.1) is 14.2 Å². The molecule has 0 heterocycles. The van der Waals surface area contributed by atoms with Crippen LogP contribution >= 0.6 is 21.6 Å². The fourth-order valence-electron chi connectivity index (χ4n) is 0.757. The normalized spacial score (nSPS) is 13.1. The van der Waals surface area contributed by atoms with E-state index in [0.29, 0.717) is 0 Å². The summed E-state index contributed by atoms with van der Waals surface area (Å²) in [5, 5.41) is 0. The Hall–Kier alpha value is -0.990. The van der Waals surface area contributed by atoms with E-state index in [-0.39, 0.29) is 10.7 Å². The van der Waals surface area contributed by atoms with Crippen LogP contribution in [0.4, 0.5) is 0 Å². The van der Waals surface area contributed by atoms with Crippen molar-refractivity contribution in [3.05, 3.63) is 4.91 Å². The predicted molar refractivity (Wildman–Crippen MR) is 69.2 cm³/mol. The van der Waals surface area contributed by atoms with Gasteiger partial charge >= 0.3 is 11.9 Å². The molecular formula is C9H14N2O5S2. The van der Waals surface area contributed by atoms with Gasteiger partial charge in [-0.1, -0.05) is 10.8 Å². The van der Waals surface area contributed by atoms with Crippen LogP contribution in [-0.2, 0) is 23.9 Å². The first-order valence-corrected chi connectivity index (χ1v) is 7.01. The van der Waals surface area contributed by atoms with Gasteiger partial charge in [-0.15, -0.1) is 0 Å². The van der Waals surface area contributed by atoms with Crippen LogP contribution in [0.15, 0.2) is 4.91 Å². The summed E-state index contributed by atoms with van der Waals surface area (Å²) in [6.07, 6.45) is 0. The van der Waals surface area contributed by atoms with E-state index >= 15 is 0 Å². The van der Waals surface area contributed by atoms with Crippen molar-refractivity contribution in [1.29, 1.82) is 0 Å². The number of carbonyl (C=O) groups is 2. The van der Waals surface area contributed by atoms with E-state index in [9.17, 15) is 14.4 Å². The van der Waals surface area contributed by atoms with Gasteiger partial charge < -0.3 is 20.9 Å². The topological polar surface area (TPSA) is 122 Å². The number of carbonyl (C=O) groups excluding carboxylic acids is 3. The zero-order valence-corrected chi connectivity index (χ0v) is 11.5. The van der Waals surface area contributed by atoms with Crippen LogP contribution in [0, 0.1) is 0 Å². The highest BCUT2D eigenvalue weighted by Gasteiger charge is 2.22. The zero-order chi connectivity index (χ0) is 14.1. The molecule has 0 amide bonds. The summed E-state index contributed by atoms with van der Waals surface area (Å²) in [5.74, 6) is 0.469. The highest BCUT2D eigenvalue weighted by molar-refractivity contribution is 8.78. The summed E-state index contributed by atoms with van der Waals surface area (Å²) >= 11 is 0. The van der Waals surface area contributed by atoms with E-state index in [1.807, 2.05) is 0 Å². The molecule has 0 aromatic rings. The highest BCUT2D eigenvalue weighted by Crippen LogP contribution is 2.30. The molecule has 0 saturated carbocycles. The lowest BCUT2D eigenvalue weighted by atomic mass is 10.3. The van der Waals surface area contributed by atoms with E-state index < -0.39 is 24.0 Å². The van der Waals surface area contributed by atoms with Crippen LogP contribution in [0.25, 0.3) is 0 Å². The SMILES string of the molecule is COC(=O)[C@@H](N)C(=C=O)SSC[C@H](N)C(=O)OC. The number of hydrogen-bond donors (Lipinski definition) is 2. The third-order valence-electron chi connectivity index (χ3n) is 1.74. The molecule has 0 spiro atoms. The standard InChI is InChI=1S/C9H14N2O5S2/c1-15-8(13)5(10)4-17-18-6(3-12)7(11)9(14)16-2/h5,7H,4,10-11H2,1-2H3/t5-,7-/m0/s1. The lowest BCUT2D eigenvalue weighted by molar-refractivity contribution is -0.142. The molecule has 0 aliphatic rings. The Morgan fingerprint density at radius 3 is 2.22 bits per heavy atom. The van der Waals surface area contributed by atoms with Crippen molar-refractivity contribution in [2.45, 2.75) is 12.1 Å². The summed E-state index contributed by atoms with van der Waals surface area (Å²) in [6.45, 7) is 0. The van der Waals surface area contributed by atoms with Crippen molar-refractivity contribution in [2.24, 2.45) is 11.5 Å². The molecule has 0 aromatic carbocycles. The summed E-state index contributed by atoms with van der Waals surface area (Å²) in [5.41, 5.74) is 10.9. The molecule has 0 fully saturated rings. The Labute approximate surface area is 112 Å². The molecule has 0 saturated heterocycles. The van der Waals surface area contributed by atoms with Gasteiger partial charge in [-0.05, 0) is 10.8 Å². The smallest absolute Gasteiger partial charge is 0.328 e. The Balaban J connectivity index is 4.23. The molecule has 18 heavy (non-hydrogen) atoms. The third-order valence-corrected chi connectivity index (χ3v) is 4.17. The molecule has 9 heteroatoms. The van der Waals surface area contributed by atoms with E-state index in [1.54, 1.807) is 5.94 Å². The van der Waals surface area contributed by atoms with Crippen molar-refractivity contribution in [1.82, 2.24) is 0 Å². The van der Waals surface area contributed by atoms with E-state index in [1.165, 1.54) is 7.11 Å². The largest absolute Gasteiger partial charge is 0.468 e. The fraction of sp³-hybridized carbons (Fsp3) is 0.556. The number of esters is 2. The lowest BCUT2D eigenvalue weighted by Gasteiger charge is -2.11. The van der Waals surface area contributed by atoms with Crippen molar-refractivity contribution in [2.75, 3.05) is 20.0 Å². The summed E-state index contributed by atoms with van der Waals surface area (Å²) in [6, 6.07) is -1.99. The fourth-order valence-corrected chi connectivity index (χ4v) is 2.91. The van der Waals surface area contributed by atoms with Crippen molar-refractivity contribution >= 4 is 39.5 Å². The molecule has 0 aliphatic heterocycles. The molecule has 7 nitrogen and oxygen atoms in total. The maximum Gasteiger partial charge on any atom is 0.328 e. The molecule has 0 aromatic heterocycles. The molecule has 0 rings (SSSR count). The lowest BCUT2D eigenvalue weighted by Crippen LogP contribution is -2.34. The molecule has 102 valence electrons. The first-order valence-electron chi connectivity index (χ1n) is 4.69. The molecule has 0 unspecified atom stereocenters. The average Bonchev–Trinajstić information content (AvgIpc) is 2.40. The first kappa shape index (κ1) is 17.0. The Morgan fingerprint density at radius 1 is 1.22 bits per heavy atom. The first-order chi connectivity index (χ1) is 8.47. The minimum absolute atomic E-state index is 0.0242. The number of rotatable bonds is 7. The second-order valence-electron chi connectivity index (χ2n) is 2.96. The van der Waals surface area contributed by atoms with E-state index in [0.717, 1.165) is 28.7 Å².